The molecule has 0 aromatic heterocycles. The summed E-state index contributed by atoms with van der Waals surface area (Å²) in [6.45, 7) is 3.11. The number of ether oxygens (including phenoxy) is 1. The predicted octanol–water partition coefficient (Wildman–Crippen LogP) is 4.43. The van der Waals surface area contributed by atoms with Crippen LogP contribution in [-0.4, -0.2) is 42.1 Å². The van der Waals surface area contributed by atoms with E-state index in [1.54, 1.807) is 7.11 Å². The van der Waals surface area contributed by atoms with Crippen molar-refractivity contribution in [3.63, 3.8) is 0 Å². The minimum absolute atomic E-state index is 0.163. The van der Waals surface area contributed by atoms with Crippen LogP contribution in [0.2, 0.25) is 0 Å². The third-order valence-corrected chi connectivity index (χ3v) is 6.66. The first-order valence-corrected chi connectivity index (χ1v) is 11.2. The van der Waals surface area contributed by atoms with Crippen molar-refractivity contribution in [2.75, 3.05) is 20.3 Å². The minimum atomic E-state index is -0.986. The molecule has 0 radical (unpaired) electrons. The molecule has 3 amide bonds. The van der Waals surface area contributed by atoms with Crippen molar-refractivity contribution in [3.8, 4) is 5.75 Å². The van der Waals surface area contributed by atoms with Crippen LogP contribution < -0.4 is 10.1 Å². The molecule has 31 heavy (non-hydrogen) atoms. The second kappa shape index (κ2) is 9.10. The number of urea groups is 1. The number of carbonyl (C=O) groups is 2. The summed E-state index contributed by atoms with van der Waals surface area (Å²) in [6, 6.07) is 17.6. The number of rotatable bonds is 6. The fourth-order valence-electron chi connectivity index (χ4n) is 4.84. The van der Waals surface area contributed by atoms with Crippen molar-refractivity contribution in [1.82, 2.24) is 15.1 Å². The molecule has 2 aromatic carbocycles. The van der Waals surface area contributed by atoms with Gasteiger partial charge >= 0.3 is 6.03 Å². The lowest BCUT2D eigenvalue weighted by Gasteiger charge is -2.33. The normalized spacial score (nSPS) is 24.7. The van der Waals surface area contributed by atoms with Gasteiger partial charge in [-0.15, -0.1) is 0 Å². The van der Waals surface area contributed by atoms with Crippen molar-refractivity contribution in [2.45, 2.75) is 50.6 Å². The summed E-state index contributed by atoms with van der Waals surface area (Å²) >= 11 is 0. The second-order valence-electron chi connectivity index (χ2n) is 8.38. The van der Waals surface area contributed by atoms with Gasteiger partial charge < -0.3 is 10.1 Å². The van der Waals surface area contributed by atoms with Crippen molar-refractivity contribution < 1.29 is 14.3 Å². The number of methoxy groups -OCH3 is 1. The van der Waals surface area contributed by atoms with Gasteiger partial charge in [-0.05, 0) is 42.5 Å². The van der Waals surface area contributed by atoms with Crippen LogP contribution in [0, 0.1) is 0 Å². The minimum Gasteiger partial charge on any atom is -0.497 e. The molecule has 2 aromatic rings. The van der Waals surface area contributed by atoms with Gasteiger partial charge in [0.2, 0.25) is 0 Å². The van der Waals surface area contributed by atoms with E-state index in [4.69, 9.17) is 4.74 Å². The zero-order valence-electron chi connectivity index (χ0n) is 18.3. The summed E-state index contributed by atoms with van der Waals surface area (Å²) in [6.07, 6.45) is 4.88. The van der Waals surface area contributed by atoms with Gasteiger partial charge in [-0.3, -0.25) is 9.69 Å². The molecule has 2 aliphatic heterocycles. The lowest BCUT2D eigenvalue weighted by atomic mass is 9.87. The van der Waals surface area contributed by atoms with Gasteiger partial charge in [0.05, 0.1) is 13.8 Å². The number of amides is 3. The molecule has 164 valence electrons. The summed E-state index contributed by atoms with van der Waals surface area (Å²) in [5.41, 5.74) is 1.04. The van der Waals surface area contributed by atoms with Crippen LogP contribution >= 0.6 is 0 Å². The average molecular weight is 422 g/mol. The standard InChI is InChI=1S/C25H31N3O3/c1-3-25(20-10-6-4-7-11-20)23(29)28(24(30)26-25)18-27-17-9-5-8-12-22(27)19-13-15-21(31-2)16-14-19/h4,6-7,10-11,13-16,22H,3,5,8-9,12,17-18H2,1-2H3,(H,26,30). The fourth-order valence-corrected chi connectivity index (χ4v) is 4.84. The van der Waals surface area contributed by atoms with E-state index >= 15 is 0 Å². The number of hydrogen-bond acceptors (Lipinski definition) is 4. The number of imide groups is 1. The Bertz CT molecular complexity index is 915. The van der Waals surface area contributed by atoms with Crippen LogP contribution in [0.3, 0.4) is 0 Å². The Kier molecular flexibility index (Phi) is 6.28. The number of nitrogens with zero attached hydrogens (tertiary/aromatic N) is 2. The van der Waals surface area contributed by atoms with Gasteiger partial charge in [-0.1, -0.05) is 62.2 Å². The highest BCUT2D eigenvalue weighted by Gasteiger charge is 2.51. The molecule has 0 bridgehead atoms. The number of likely N-dealkylation sites (tertiary alicyclic amines) is 1. The van der Waals surface area contributed by atoms with Crippen molar-refractivity contribution in [1.29, 1.82) is 0 Å². The highest BCUT2D eigenvalue weighted by Crippen LogP contribution is 2.35. The molecule has 2 atom stereocenters. The van der Waals surface area contributed by atoms with E-state index in [-0.39, 0.29) is 18.0 Å². The Hall–Kier alpha value is -2.86. The van der Waals surface area contributed by atoms with Crippen LogP contribution in [0.4, 0.5) is 4.79 Å². The zero-order valence-corrected chi connectivity index (χ0v) is 18.3. The van der Waals surface area contributed by atoms with E-state index in [9.17, 15) is 9.59 Å². The van der Waals surface area contributed by atoms with Crippen LogP contribution in [0.25, 0.3) is 0 Å². The molecule has 0 aliphatic carbocycles. The average Bonchev–Trinajstić information content (AvgIpc) is 2.95. The molecule has 0 spiro atoms. The number of nitrogens with one attached hydrogen (secondary N) is 1. The maximum atomic E-state index is 13.6. The summed E-state index contributed by atoms with van der Waals surface area (Å²) in [5.74, 6) is 0.664. The third kappa shape index (κ3) is 4.04. The SMILES string of the molecule is CCC1(c2ccccc2)NC(=O)N(CN2CCCCCC2c2ccc(OC)cc2)C1=O. The van der Waals surface area contributed by atoms with E-state index in [1.165, 1.54) is 10.5 Å². The van der Waals surface area contributed by atoms with Gasteiger partial charge in [0.25, 0.3) is 5.91 Å². The van der Waals surface area contributed by atoms with E-state index in [0.717, 1.165) is 43.5 Å². The van der Waals surface area contributed by atoms with E-state index in [0.29, 0.717) is 13.1 Å². The van der Waals surface area contributed by atoms with Gasteiger partial charge in [0, 0.05) is 12.6 Å². The van der Waals surface area contributed by atoms with Gasteiger partial charge in [0.15, 0.2) is 0 Å². The summed E-state index contributed by atoms with van der Waals surface area (Å²) in [4.78, 5) is 30.2. The molecule has 4 rings (SSSR count). The van der Waals surface area contributed by atoms with Gasteiger partial charge in [-0.2, -0.15) is 0 Å². The first-order chi connectivity index (χ1) is 15.1. The summed E-state index contributed by atoms with van der Waals surface area (Å²) in [7, 11) is 1.66. The Morgan fingerprint density at radius 3 is 2.45 bits per heavy atom. The number of carbonyl (C=O) groups excluding carboxylic acids is 2. The van der Waals surface area contributed by atoms with E-state index in [2.05, 4.69) is 22.3 Å². The molecule has 1 N–H and O–H groups in total. The Morgan fingerprint density at radius 2 is 1.77 bits per heavy atom. The summed E-state index contributed by atoms with van der Waals surface area (Å²) in [5, 5.41) is 3.00. The predicted molar refractivity (Wildman–Crippen MR) is 120 cm³/mol. The van der Waals surface area contributed by atoms with Crippen LogP contribution in [0.15, 0.2) is 54.6 Å². The lowest BCUT2D eigenvalue weighted by Crippen LogP contribution is -2.46. The fraction of sp³-hybridized carbons (Fsp3) is 0.440. The number of hydrogen-bond donors (Lipinski definition) is 1. The van der Waals surface area contributed by atoms with E-state index in [1.807, 2.05) is 49.4 Å². The summed E-state index contributed by atoms with van der Waals surface area (Å²) < 4.78 is 5.30. The molecular weight excluding hydrogens is 390 g/mol. The highest BCUT2D eigenvalue weighted by atomic mass is 16.5. The molecule has 0 saturated carbocycles. The zero-order chi connectivity index (χ0) is 21.8. The first kappa shape index (κ1) is 21.4. The van der Waals surface area contributed by atoms with Crippen LogP contribution in [0.1, 0.15) is 56.2 Å². The largest absolute Gasteiger partial charge is 0.497 e. The molecule has 6 nitrogen and oxygen atoms in total. The monoisotopic (exact) mass is 421 g/mol. The second-order valence-corrected chi connectivity index (χ2v) is 8.38. The van der Waals surface area contributed by atoms with E-state index < -0.39 is 5.54 Å². The smallest absolute Gasteiger partial charge is 0.326 e. The Balaban J connectivity index is 1.59. The molecule has 2 aliphatic rings. The van der Waals surface area contributed by atoms with Crippen molar-refractivity contribution in [2.24, 2.45) is 0 Å². The maximum Gasteiger partial charge on any atom is 0.326 e. The maximum absolute atomic E-state index is 13.6. The first-order valence-electron chi connectivity index (χ1n) is 11.2. The Morgan fingerprint density at radius 1 is 1.03 bits per heavy atom. The molecule has 2 fully saturated rings. The molecule has 2 unspecified atom stereocenters. The molecular formula is C25H31N3O3. The van der Waals surface area contributed by atoms with Gasteiger partial charge in [-0.25, -0.2) is 9.69 Å². The third-order valence-electron chi connectivity index (χ3n) is 6.66. The topological polar surface area (TPSA) is 61.9 Å². The highest BCUT2D eigenvalue weighted by molar-refractivity contribution is 6.07. The van der Waals surface area contributed by atoms with Crippen molar-refractivity contribution >= 4 is 11.9 Å². The molecule has 2 saturated heterocycles. The van der Waals surface area contributed by atoms with Crippen LogP contribution in [0.5, 0.6) is 5.75 Å². The number of benzene rings is 2. The Labute approximate surface area is 184 Å². The van der Waals surface area contributed by atoms with Gasteiger partial charge in [0.1, 0.15) is 11.3 Å². The quantitative estimate of drug-likeness (QED) is 0.701. The molecule has 6 heteroatoms. The van der Waals surface area contributed by atoms with Crippen molar-refractivity contribution in [3.05, 3.63) is 65.7 Å². The lowest BCUT2D eigenvalue weighted by molar-refractivity contribution is -0.133. The molecule has 2 heterocycles. The van der Waals surface area contributed by atoms with Crippen LogP contribution in [-0.2, 0) is 10.3 Å².